The van der Waals surface area contributed by atoms with Gasteiger partial charge < -0.3 is 5.11 Å². The van der Waals surface area contributed by atoms with Gasteiger partial charge >= 0.3 is 0 Å². The highest BCUT2D eigenvalue weighted by atomic mass is 32.2. The minimum atomic E-state index is -0.322. The second-order valence-electron chi connectivity index (χ2n) is 4.70. The molecule has 5 heteroatoms. The number of benzene rings is 1. The van der Waals surface area contributed by atoms with Crippen LogP contribution in [0.1, 0.15) is 11.1 Å². The van der Waals surface area contributed by atoms with Crippen LogP contribution in [0.2, 0.25) is 0 Å². The highest BCUT2D eigenvalue weighted by molar-refractivity contribution is 7.99. The summed E-state index contributed by atoms with van der Waals surface area (Å²) < 4.78 is 1.45. The minimum Gasteiger partial charge on any atom is -0.391 e. The number of hydrogen-bond donors (Lipinski definition) is 1. The van der Waals surface area contributed by atoms with E-state index in [1.54, 1.807) is 18.3 Å². The number of aryl methyl sites for hydroxylation is 1. The van der Waals surface area contributed by atoms with E-state index in [0.29, 0.717) is 16.2 Å². The molecule has 0 aliphatic heterocycles. The van der Waals surface area contributed by atoms with E-state index in [1.807, 2.05) is 37.3 Å². The van der Waals surface area contributed by atoms with Crippen LogP contribution in [0.5, 0.6) is 0 Å². The molecular weight excluding hydrogens is 284 g/mol. The van der Waals surface area contributed by atoms with Crippen LogP contribution in [0, 0.1) is 6.92 Å². The molecule has 0 amide bonds. The van der Waals surface area contributed by atoms with Crippen molar-refractivity contribution >= 4 is 17.4 Å². The van der Waals surface area contributed by atoms with Gasteiger partial charge in [0.25, 0.3) is 5.56 Å². The Balaban J connectivity index is 2.13. The van der Waals surface area contributed by atoms with Crippen LogP contribution in [0.3, 0.4) is 0 Å². The fourth-order valence-electron chi connectivity index (χ4n) is 2.04. The number of aliphatic hydroxyl groups is 1. The fourth-order valence-corrected chi connectivity index (χ4v) is 2.95. The summed E-state index contributed by atoms with van der Waals surface area (Å²) in [5.41, 5.74) is 1.85. The maximum absolute atomic E-state index is 12.4. The standard InChI is InChI=1S/C16H14N2O2S/c1-11-5-7-12(8-6-11)21-15-13(10-19)16(20)18-9-3-2-4-14(18)17-15/h2-9,19H,10H2,1H3. The van der Waals surface area contributed by atoms with Crippen molar-refractivity contribution in [2.75, 3.05) is 0 Å². The van der Waals surface area contributed by atoms with E-state index < -0.39 is 0 Å². The molecule has 21 heavy (non-hydrogen) atoms. The first-order chi connectivity index (χ1) is 10.2. The molecule has 2 heterocycles. The molecule has 1 aromatic carbocycles. The first-order valence-electron chi connectivity index (χ1n) is 6.54. The van der Waals surface area contributed by atoms with Crippen molar-refractivity contribution in [3.05, 3.63) is 70.1 Å². The van der Waals surface area contributed by atoms with Crippen LogP contribution in [0.15, 0.2) is 63.4 Å². The molecule has 0 bridgehead atoms. The first kappa shape index (κ1) is 13.9. The lowest BCUT2D eigenvalue weighted by molar-refractivity contribution is 0.276. The van der Waals surface area contributed by atoms with Gasteiger partial charge in [0.1, 0.15) is 10.7 Å². The van der Waals surface area contributed by atoms with Gasteiger partial charge in [0, 0.05) is 11.1 Å². The molecule has 0 spiro atoms. The van der Waals surface area contributed by atoms with E-state index >= 15 is 0 Å². The van der Waals surface area contributed by atoms with Gasteiger partial charge in [-0.3, -0.25) is 9.20 Å². The molecule has 0 saturated heterocycles. The van der Waals surface area contributed by atoms with Crippen LogP contribution in [0.25, 0.3) is 5.65 Å². The summed E-state index contributed by atoms with van der Waals surface area (Å²) in [6.07, 6.45) is 1.66. The topological polar surface area (TPSA) is 54.6 Å². The fraction of sp³-hybridized carbons (Fsp3) is 0.125. The smallest absolute Gasteiger partial charge is 0.264 e. The SMILES string of the molecule is Cc1ccc(Sc2nc3ccccn3c(=O)c2CO)cc1. The number of hydrogen-bond acceptors (Lipinski definition) is 4. The van der Waals surface area contributed by atoms with Crippen molar-refractivity contribution in [2.45, 2.75) is 23.5 Å². The number of aliphatic hydroxyl groups excluding tert-OH is 1. The predicted octanol–water partition coefficient (Wildman–Crippen LogP) is 2.65. The Morgan fingerprint density at radius 3 is 2.67 bits per heavy atom. The highest BCUT2D eigenvalue weighted by Crippen LogP contribution is 2.28. The molecule has 3 aromatic rings. The maximum Gasteiger partial charge on any atom is 0.264 e. The maximum atomic E-state index is 12.4. The largest absolute Gasteiger partial charge is 0.391 e. The third-order valence-electron chi connectivity index (χ3n) is 3.18. The number of rotatable bonds is 3. The van der Waals surface area contributed by atoms with E-state index in [0.717, 1.165) is 4.90 Å². The molecule has 0 atom stereocenters. The predicted molar refractivity (Wildman–Crippen MR) is 82.7 cm³/mol. The summed E-state index contributed by atoms with van der Waals surface area (Å²) >= 11 is 1.39. The Kier molecular flexibility index (Phi) is 3.77. The average Bonchev–Trinajstić information content (AvgIpc) is 2.50. The zero-order valence-electron chi connectivity index (χ0n) is 11.5. The van der Waals surface area contributed by atoms with Crippen LogP contribution in [0.4, 0.5) is 0 Å². The third-order valence-corrected chi connectivity index (χ3v) is 4.22. The van der Waals surface area contributed by atoms with Gasteiger partial charge in [0.05, 0.1) is 12.2 Å². The van der Waals surface area contributed by atoms with Gasteiger partial charge in [-0.15, -0.1) is 0 Å². The monoisotopic (exact) mass is 298 g/mol. The number of pyridine rings is 1. The van der Waals surface area contributed by atoms with E-state index in [9.17, 15) is 9.90 Å². The Labute approximate surface area is 126 Å². The van der Waals surface area contributed by atoms with E-state index in [2.05, 4.69) is 4.98 Å². The third kappa shape index (κ3) is 2.70. The minimum absolute atomic E-state index is 0.224. The van der Waals surface area contributed by atoms with Crippen molar-refractivity contribution in [1.82, 2.24) is 9.38 Å². The van der Waals surface area contributed by atoms with E-state index in [-0.39, 0.29) is 12.2 Å². The number of fused-ring (bicyclic) bond motifs is 1. The van der Waals surface area contributed by atoms with Crippen LogP contribution in [-0.4, -0.2) is 14.5 Å². The van der Waals surface area contributed by atoms with Gasteiger partial charge in [0.15, 0.2) is 0 Å². The molecule has 0 saturated carbocycles. The first-order valence-corrected chi connectivity index (χ1v) is 7.36. The van der Waals surface area contributed by atoms with E-state index in [1.165, 1.54) is 21.7 Å². The van der Waals surface area contributed by atoms with Gasteiger partial charge in [-0.2, -0.15) is 0 Å². The second-order valence-corrected chi connectivity index (χ2v) is 5.76. The Morgan fingerprint density at radius 1 is 1.19 bits per heavy atom. The lowest BCUT2D eigenvalue weighted by atomic mass is 10.2. The van der Waals surface area contributed by atoms with Crippen molar-refractivity contribution in [3.63, 3.8) is 0 Å². The zero-order chi connectivity index (χ0) is 14.8. The van der Waals surface area contributed by atoms with Crippen LogP contribution in [-0.2, 0) is 6.61 Å². The molecule has 0 radical (unpaired) electrons. The highest BCUT2D eigenvalue weighted by Gasteiger charge is 2.13. The van der Waals surface area contributed by atoms with Crippen molar-refractivity contribution < 1.29 is 5.11 Å². The summed E-state index contributed by atoms with van der Waals surface area (Å²) in [7, 11) is 0. The molecule has 106 valence electrons. The Bertz CT molecular complexity index is 841. The Hall–Kier alpha value is -2.11. The van der Waals surface area contributed by atoms with Gasteiger partial charge in [-0.05, 0) is 31.2 Å². The number of nitrogens with zero attached hydrogens (tertiary/aromatic N) is 2. The summed E-state index contributed by atoms with van der Waals surface area (Å²) in [5, 5.41) is 10.1. The summed E-state index contributed by atoms with van der Waals surface area (Å²) in [4.78, 5) is 17.9. The molecule has 3 rings (SSSR count). The molecule has 4 nitrogen and oxygen atoms in total. The van der Waals surface area contributed by atoms with Gasteiger partial charge in [0.2, 0.25) is 0 Å². The number of aromatic nitrogens is 2. The van der Waals surface area contributed by atoms with Crippen molar-refractivity contribution in [2.24, 2.45) is 0 Å². The van der Waals surface area contributed by atoms with Crippen LogP contribution >= 0.6 is 11.8 Å². The Morgan fingerprint density at radius 2 is 1.95 bits per heavy atom. The molecule has 0 aliphatic carbocycles. The lowest BCUT2D eigenvalue weighted by Gasteiger charge is -2.08. The van der Waals surface area contributed by atoms with Crippen molar-refractivity contribution in [3.8, 4) is 0 Å². The molecule has 0 unspecified atom stereocenters. The van der Waals surface area contributed by atoms with Crippen molar-refractivity contribution in [1.29, 1.82) is 0 Å². The molecule has 0 aliphatic rings. The second kappa shape index (κ2) is 5.71. The molecule has 1 N–H and O–H groups in total. The normalized spacial score (nSPS) is 11.0. The summed E-state index contributed by atoms with van der Waals surface area (Å²) in [6, 6.07) is 13.4. The van der Waals surface area contributed by atoms with Crippen LogP contribution < -0.4 is 5.56 Å². The lowest BCUT2D eigenvalue weighted by Crippen LogP contribution is -2.20. The average molecular weight is 298 g/mol. The molecule has 0 fully saturated rings. The van der Waals surface area contributed by atoms with Gasteiger partial charge in [-0.1, -0.05) is 35.5 Å². The molecule has 2 aromatic heterocycles. The molecular formula is C16H14N2O2S. The van der Waals surface area contributed by atoms with E-state index in [4.69, 9.17) is 0 Å². The van der Waals surface area contributed by atoms with Gasteiger partial charge in [-0.25, -0.2) is 4.98 Å². The summed E-state index contributed by atoms with van der Waals surface area (Å²) in [6.45, 7) is 1.70. The quantitative estimate of drug-likeness (QED) is 0.755. The summed E-state index contributed by atoms with van der Waals surface area (Å²) in [5.74, 6) is 0. The zero-order valence-corrected chi connectivity index (χ0v) is 12.3.